The summed E-state index contributed by atoms with van der Waals surface area (Å²) in [5.41, 5.74) is 0. The largest absolute Gasteiger partial charge is 0.0776 e. The Kier molecular flexibility index (Phi) is 36.9. The first-order valence-corrected chi connectivity index (χ1v) is 11.4. The minimum absolute atomic E-state index is 0. The molecule has 0 saturated heterocycles. The van der Waals surface area contributed by atoms with Gasteiger partial charge in [-0.15, -0.1) is 0 Å². The third-order valence-corrected chi connectivity index (χ3v) is 6.91. The van der Waals surface area contributed by atoms with Gasteiger partial charge in [-0.3, -0.25) is 0 Å². The summed E-state index contributed by atoms with van der Waals surface area (Å²) in [6, 6.07) is 0. The van der Waals surface area contributed by atoms with E-state index in [1.807, 2.05) is 0 Å². The smallest absolute Gasteiger partial charge is 0.0443 e. The molecule has 0 heterocycles. The Morgan fingerprint density at radius 2 is 0.300 bits per heavy atom. The van der Waals surface area contributed by atoms with Gasteiger partial charge in [0.25, 0.3) is 0 Å². The molecule has 0 atom stereocenters. The van der Waals surface area contributed by atoms with Crippen LogP contribution in [0.1, 0.15) is 163 Å². The highest BCUT2D eigenvalue weighted by Crippen LogP contribution is 2.28. The van der Waals surface area contributed by atoms with Gasteiger partial charge >= 0.3 is 0 Å². The lowest BCUT2D eigenvalue weighted by Gasteiger charge is -2.22. The standard InChI is InChI=1S/3C8H16.6CH4/c3*1-7-3-5-8(2)6-4-7;;;;;;/h3*7-8H,3-6H2,1-2H3;6*1H4. The average molecular weight is 433 g/mol. The van der Waals surface area contributed by atoms with E-state index in [4.69, 9.17) is 0 Å². The van der Waals surface area contributed by atoms with Crippen molar-refractivity contribution >= 4 is 0 Å². The molecule has 0 aromatic rings. The highest BCUT2D eigenvalue weighted by Gasteiger charge is 2.14. The molecule has 3 aliphatic carbocycles. The Morgan fingerprint density at radius 3 is 0.367 bits per heavy atom. The Labute approximate surface area is 198 Å². The van der Waals surface area contributed by atoms with E-state index in [0.29, 0.717) is 0 Å². The second-order valence-electron chi connectivity index (χ2n) is 10.1. The van der Waals surface area contributed by atoms with Crippen LogP contribution in [0.15, 0.2) is 0 Å². The summed E-state index contributed by atoms with van der Waals surface area (Å²) in [6.45, 7) is 14.2. The van der Waals surface area contributed by atoms with Gasteiger partial charge in [-0.05, 0) is 35.5 Å². The summed E-state index contributed by atoms with van der Waals surface area (Å²) in [7, 11) is 0. The molecule has 0 aromatic carbocycles. The Hall–Kier alpha value is 0. The molecule has 3 aliphatic rings. The summed E-state index contributed by atoms with van der Waals surface area (Å²) in [5, 5.41) is 0. The molecule has 3 fully saturated rings. The lowest BCUT2D eigenvalue weighted by Crippen LogP contribution is -2.08. The lowest BCUT2D eigenvalue weighted by atomic mass is 9.84. The molecule has 0 spiro atoms. The van der Waals surface area contributed by atoms with Crippen LogP contribution >= 0.6 is 0 Å². The zero-order valence-corrected chi connectivity index (χ0v) is 17.9. The fourth-order valence-corrected chi connectivity index (χ4v) is 4.28. The van der Waals surface area contributed by atoms with Crippen molar-refractivity contribution in [3.8, 4) is 0 Å². The molecule has 3 saturated carbocycles. The molecule has 0 heteroatoms. The summed E-state index contributed by atoms with van der Waals surface area (Å²) >= 11 is 0. The van der Waals surface area contributed by atoms with Crippen LogP contribution in [-0.4, -0.2) is 0 Å². The lowest BCUT2D eigenvalue weighted by molar-refractivity contribution is 0.308. The predicted molar refractivity (Wildman–Crippen MR) is 151 cm³/mol. The van der Waals surface area contributed by atoms with E-state index in [9.17, 15) is 0 Å². The van der Waals surface area contributed by atoms with E-state index < -0.39 is 0 Å². The zero-order valence-electron chi connectivity index (χ0n) is 17.9. The highest BCUT2D eigenvalue weighted by atomic mass is 14.2. The highest BCUT2D eigenvalue weighted by molar-refractivity contribution is 4.67. The van der Waals surface area contributed by atoms with Crippen molar-refractivity contribution in [1.29, 1.82) is 0 Å². The van der Waals surface area contributed by atoms with Crippen molar-refractivity contribution in [2.75, 3.05) is 0 Å². The number of hydrogen-bond donors (Lipinski definition) is 0. The van der Waals surface area contributed by atoms with E-state index in [2.05, 4.69) is 41.5 Å². The van der Waals surface area contributed by atoms with E-state index in [1.54, 1.807) is 0 Å². The monoisotopic (exact) mass is 433 g/mol. The third-order valence-electron chi connectivity index (χ3n) is 6.91. The summed E-state index contributed by atoms with van der Waals surface area (Å²) in [4.78, 5) is 0. The van der Waals surface area contributed by atoms with Crippen molar-refractivity contribution in [3.05, 3.63) is 0 Å². The third kappa shape index (κ3) is 22.7. The molecule has 0 radical (unpaired) electrons. The van der Waals surface area contributed by atoms with E-state index in [-0.39, 0.29) is 44.6 Å². The van der Waals surface area contributed by atoms with Gasteiger partial charge < -0.3 is 0 Å². The first-order chi connectivity index (χ1) is 11.4. The fourth-order valence-electron chi connectivity index (χ4n) is 4.28. The van der Waals surface area contributed by atoms with Gasteiger partial charge in [0.2, 0.25) is 0 Å². The van der Waals surface area contributed by atoms with Crippen molar-refractivity contribution in [1.82, 2.24) is 0 Å². The molecule has 0 nitrogen and oxygen atoms in total. The molecule has 192 valence electrons. The molecule has 0 aliphatic heterocycles. The van der Waals surface area contributed by atoms with Crippen molar-refractivity contribution in [2.24, 2.45) is 35.5 Å². The maximum Gasteiger partial charge on any atom is -0.0443 e. The van der Waals surface area contributed by atoms with Crippen LogP contribution in [0.2, 0.25) is 0 Å². The van der Waals surface area contributed by atoms with Gasteiger partial charge in [0.15, 0.2) is 0 Å². The number of rotatable bonds is 0. The Balaban J connectivity index is -0.0000000655. The zero-order chi connectivity index (χ0) is 17.9. The van der Waals surface area contributed by atoms with Crippen molar-refractivity contribution < 1.29 is 0 Å². The Bertz CT molecular complexity index is 193. The summed E-state index contributed by atoms with van der Waals surface area (Å²) in [6.07, 6.45) is 17.7. The molecule has 0 unspecified atom stereocenters. The predicted octanol–water partition coefficient (Wildman–Crippen LogP) is 12.3. The minimum Gasteiger partial charge on any atom is -0.0776 e. The fraction of sp³-hybridized carbons (Fsp3) is 1.00. The summed E-state index contributed by atoms with van der Waals surface area (Å²) < 4.78 is 0. The molecule has 3 rings (SSSR count). The minimum atomic E-state index is 0. The van der Waals surface area contributed by atoms with Gasteiger partial charge in [0.1, 0.15) is 0 Å². The molecule has 0 N–H and O–H groups in total. The second kappa shape index (κ2) is 25.3. The maximum atomic E-state index is 2.37. The van der Waals surface area contributed by atoms with Crippen LogP contribution in [0.4, 0.5) is 0 Å². The average Bonchev–Trinajstić information content (AvgIpc) is 2.57. The molecular weight excluding hydrogens is 360 g/mol. The first-order valence-electron chi connectivity index (χ1n) is 11.4. The SMILES string of the molecule is C.C.C.C.C.C.CC1CCC(C)CC1.CC1CCC(C)CC1.CC1CCC(C)CC1. The molecular formula is C30H72. The van der Waals surface area contributed by atoms with Crippen LogP contribution in [0.5, 0.6) is 0 Å². The molecule has 0 amide bonds. The van der Waals surface area contributed by atoms with Crippen LogP contribution in [0, 0.1) is 35.5 Å². The molecule has 30 heavy (non-hydrogen) atoms. The molecule has 0 bridgehead atoms. The second-order valence-corrected chi connectivity index (χ2v) is 10.1. The van der Waals surface area contributed by atoms with Gasteiger partial charge in [-0.25, -0.2) is 0 Å². The van der Waals surface area contributed by atoms with Gasteiger partial charge in [-0.2, -0.15) is 0 Å². The van der Waals surface area contributed by atoms with Crippen LogP contribution in [-0.2, 0) is 0 Å². The first kappa shape index (κ1) is 43.8. The quantitative estimate of drug-likeness (QED) is 0.357. The van der Waals surface area contributed by atoms with Crippen molar-refractivity contribution in [2.45, 2.75) is 163 Å². The molecule has 0 aromatic heterocycles. The van der Waals surface area contributed by atoms with Gasteiger partial charge in [0.05, 0.1) is 0 Å². The van der Waals surface area contributed by atoms with Crippen LogP contribution in [0.25, 0.3) is 0 Å². The van der Waals surface area contributed by atoms with Crippen molar-refractivity contribution in [3.63, 3.8) is 0 Å². The number of hydrogen-bond acceptors (Lipinski definition) is 0. The van der Waals surface area contributed by atoms with Gasteiger partial charge in [0, 0.05) is 0 Å². The van der Waals surface area contributed by atoms with E-state index in [0.717, 1.165) is 35.5 Å². The maximum absolute atomic E-state index is 2.37. The van der Waals surface area contributed by atoms with Crippen LogP contribution in [0.3, 0.4) is 0 Å². The normalized spacial score (nSPS) is 31.8. The van der Waals surface area contributed by atoms with Gasteiger partial charge in [-0.1, -0.05) is 163 Å². The Morgan fingerprint density at radius 1 is 0.233 bits per heavy atom. The van der Waals surface area contributed by atoms with E-state index in [1.165, 1.54) is 77.0 Å². The van der Waals surface area contributed by atoms with Crippen LogP contribution < -0.4 is 0 Å². The topological polar surface area (TPSA) is 0 Å². The van der Waals surface area contributed by atoms with E-state index >= 15 is 0 Å². The summed E-state index contributed by atoms with van der Waals surface area (Å²) in [5.74, 6) is 6.12.